The highest BCUT2D eigenvalue weighted by Gasteiger charge is 2.47. The number of likely N-dealkylation sites (tertiary alicyclic amines) is 1. The number of anilines is 1. The molecule has 0 saturated carbocycles. The first kappa shape index (κ1) is 23.3. The molecule has 5 rings (SSSR count). The molecule has 1 aromatic heterocycles. The van der Waals surface area contributed by atoms with Crippen LogP contribution in [0.2, 0.25) is 0 Å². The number of benzene rings is 2. The molecule has 0 radical (unpaired) electrons. The molecule has 3 aromatic rings. The van der Waals surface area contributed by atoms with Gasteiger partial charge in [0, 0.05) is 55.3 Å². The van der Waals surface area contributed by atoms with Crippen LogP contribution in [0, 0.1) is 0 Å². The number of nitrogens with zero attached hydrogens (tertiary/aromatic N) is 3. The van der Waals surface area contributed by atoms with Crippen LogP contribution in [0.3, 0.4) is 0 Å². The fraction of sp³-hybridized carbons (Fsp3) is 0.346. The number of amides is 1. The maximum absolute atomic E-state index is 12.7. The molecule has 35 heavy (non-hydrogen) atoms. The van der Waals surface area contributed by atoms with E-state index < -0.39 is 11.6 Å². The number of hydrogen-bond acceptors (Lipinski definition) is 7. The maximum atomic E-state index is 12.7. The largest absolute Gasteiger partial charge is 0.494 e. The summed E-state index contributed by atoms with van der Waals surface area (Å²) < 4.78 is 11.6. The van der Waals surface area contributed by atoms with Crippen LogP contribution in [0.1, 0.15) is 35.7 Å². The molecule has 8 nitrogen and oxygen atoms in total. The fourth-order valence-corrected chi connectivity index (χ4v) is 5.45. The van der Waals surface area contributed by atoms with Crippen molar-refractivity contribution in [1.82, 2.24) is 9.88 Å². The van der Waals surface area contributed by atoms with Gasteiger partial charge in [-0.15, -0.1) is 11.3 Å². The molecular weight excluding hydrogens is 466 g/mol. The second kappa shape index (κ2) is 9.67. The summed E-state index contributed by atoms with van der Waals surface area (Å²) in [5.41, 5.74) is 2.61. The molecule has 2 fully saturated rings. The first-order chi connectivity index (χ1) is 17.0. The van der Waals surface area contributed by atoms with Crippen LogP contribution < -0.4 is 9.64 Å². The van der Waals surface area contributed by atoms with E-state index in [-0.39, 0.29) is 11.7 Å². The first-order valence-electron chi connectivity index (χ1n) is 11.7. The van der Waals surface area contributed by atoms with Gasteiger partial charge in [-0.3, -0.25) is 9.80 Å². The highest BCUT2D eigenvalue weighted by Crippen LogP contribution is 2.37. The fourth-order valence-electron chi connectivity index (χ4n) is 4.75. The molecule has 2 aliphatic heterocycles. The van der Waals surface area contributed by atoms with Crippen molar-refractivity contribution in [1.29, 1.82) is 0 Å². The van der Waals surface area contributed by atoms with Gasteiger partial charge in [0.2, 0.25) is 0 Å². The van der Waals surface area contributed by atoms with Gasteiger partial charge in [0.15, 0.2) is 0 Å². The lowest BCUT2D eigenvalue weighted by atomic mass is 9.90. The third-order valence-corrected chi connectivity index (χ3v) is 7.41. The minimum absolute atomic E-state index is 0.190. The molecule has 1 amide bonds. The highest BCUT2D eigenvalue weighted by atomic mass is 32.1. The van der Waals surface area contributed by atoms with Gasteiger partial charge in [-0.1, -0.05) is 0 Å². The number of aromatic nitrogens is 1. The number of carboxylic acid groups (broad SMARTS) is 1. The van der Waals surface area contributed by atoms with Gasteiger partial charge in [0.05, 0.1) is 18.7 Å². The van der Waals surface area contributed by atoms with Gasteiger partial charge in [0.1, 0.15) is 16.4 Å². The zero-order valence-electron chi connectivity index (χ0n) is 19.5. The van der Waals surface area contributed by atoms with E-state index in [1.807, 2.05) is 24.6 Å². The summed E-state index contributed by atoms with van der Waals surface area (Å²) in [7, 11) is 0. The number of thiazole rings is 1. The summed E-state index contributed by atoms with van der Waals surface area (Å²) in [6, 6.07) is 12.5. The van der Waals surface area contributed by atoms with Crippen molar-refractivity contribution in [2.45, 2.75) is 31.9 Å². The summed E-state index contributed by atoms with van der Waals surface area (Å²) in [5, 5.41) is 12.1. The lowest BCUT2D eigenvalue weighted by molar-refractivity contribution is -0.000959. The zero-order chi connectivity index (χ0) is 24.4. The molecule has 182 valence electrons. The van der Waals surface area contributed by atoms with Crippen molar-refractivity contribution in [3.8, 4) is 16.3 Å². The second-order valence-electron chi connectivity index (χ2n) is 8.85. The Morgan fingerprint density at radius 3 is 2.63 bits per heavy atom. The van der Waals surface area contributed by atoms with Gasteiger partial charge in [-0.05, 0) is 55.0 Å². The number of carbonyl (C=O) groups excluding carboxylic acids is 1. The molecule has 2 aliphatic rings. The normalized spacial score (nSPS) is 17.5. The lowest BCUT2D eigenvalue weighted by Gasteiger charge is -2.37. The van der Waals surface area contributed by atoms with Crippen LogP contribution in [0.25, 0.3) is 10.6 Å². The van der Waals surface area contributed by atoms with Crippen LogP contribution in [0.5, 0.6) is 5.75 Å². The summed E-state index contributed by atoms with van der Waals surface area (Å²) in [6.07, 6.45) is 2.91. The zero-order valence-corrected chi connectivity index (χ0v) is 20.3. The smallest absolute Gasteiger partial charge is 0.415 e. The maximum Gasteiger partial charge on any atom is 0.415 e. The minimum atomic E-state index is -0.991. The van der Waals surface area contributed by atoms with E-state index in [1.165, 1.54) is 17.7 Å². The Balaban J connectivity index is 1.27. The predicted octanol–water partition coefficient (Wildman–Crippen LogP) is 4.90. The average molecular weight is 494 g/mol. The van der Waals surface area contributed by atoms with Crippen LogP contribution in [0.15, 0.2) is 54.0 Å². The Morgan fingerprint density at radius 2 is 1.97 bits per heavy atom. The minimum Gasteiger partial charge on any atom is -0.494 e. The van der Waals surface area contributed by atoms with Crippen molar-refractivity contribution >= 4 is 29.1 Å². The standard InChI is InChI=1S/C26H27N3O5S/c1-2-33-21-7-8-22(23-27-11-14-35-23)19(15-21)16-28-12-9-26(10-13-28)17-29(25(32)34-26)20-5-3-18(4-6-20)24(30)31/h3-8,11,14-15H,2,9-10,12-13,16-17H2,1H3,(H,30,31). The number of aromatic carboxylic acids is 1. The third-order valence-electron chi connectivity index (χ3n) is 6.61. The van der Waals surface area contributed by atoms with Crippen LogP contribution >= 0.6 is 11.3 Å². The van der Waals surface area contributed by atoms with Crippen LogP contribution in [-0.4, -0.2) is 58.9 Å². The van der Waals surface area contributed by atoms with E-state index in [4.69, 9.17) is 14.6 Å². The Bertz CT molecular complexity index is 1200. The van der Waals surface area contributed by atoms with E-state index in [0.717, 1.165) is 48.8 Å². The van der Waals surface area contributed by atoms with Gasteiger partial charge >= 0.3 is 12.1 Å². The number of carboxylic acids is 1. The molecule has 0 aliphatic carbocycles. The average Bonchev–Trinajstić information content (AvgIpc) is 3.50. The highest BCUT2D eigenvalue weighted by molar-refractivity contribution is 7.13. The monoisotopic (exact) mass is 493 g/mol. The molecule has 2 aromatic carbocycles. The number of piperidine rings is 1. The summed E-state index contributed by atoms with van der Waals surface area (Å²) in [4.78, 5) is 32.3. The van der Waals surface area contributed by atoms with Gasteiger partial charge in [0.25, 0.3) is 0 Å². The van der Waals surface area contributed by atoms with Gasteiger partial charge in [-0.2, -0.15) is 0 Å². The van der Waals surface area contributed by atoms with E-state index in [2.05, 4.69) is 22.0 Å². The number of hydrogen-bond donors (Lipinski definition) is 1. The quantitative estimate of drug-likeness (QED) is 0.501. The summed E-state index contributed by atoms with van der Waals surface area (Å²) in [6.45, 7) is 5.43. The van der Waals surface area contributed by atoms with Crippen LogP contribution in [-0.2, 0) is 11.3 Å². The first-order valence-corrected chi connectivity index (χ1v) is 12.6. The Morgan fingerprint density at radius 1 is 1.20 bits per heavy atom. The predicted molar refractivity (Wildman–Crippen MR) is 133 cm³/mol. The molecule has 1 spiro atoms. The van der Waals surface area contributed by atoms with Crippen LogP contribution in [0.4, 0.5) is 10.5 Å². The lowest BCUT2D eigenvalue weighted by Crippen LogP contribution is -2.46. The second-order valence-corrected chi connectivity index (χ2v) is 9.75. The Kier molecular flexibility index (Phi) is 6.44. The SMILES string of the molecule is CCOc1ccc(-c2nccs2)c(CN2CCC3(CC2)CN(c2ccc(C(=O)O)cc2)C(=O)O3)c1. The van der Waals surface area contributed by atoms with E-state index in [0.29, 0.717) is 18.8 Å². The van der Waals surface area contributed by atoms with E-state index in [9.17, 15) is 9.59 Å². The van der Waals surface area contributed by atoms with Crippen molar-refractivity contribution in [2.24, 2.45) is 0 Å². The topological polar surface area (TPSA) is 92.2 Å². The van der Waals surface area contributed by atoms with Crippen molar-refractivity contribution in [3.63, 3.8) is 0 Å². The molecule has 9 heteroatoms. The third kappa shape index (κ3) is 4.87. The van der Waals surface area contributed by atoms with Crippen molar-refractivity contribution in [3.05, 3.63) is 65.2 Å². The Hall–Kier alpha value is -3.43. The Labute approximate surface area is 207 Å². The number of carbonyl (C=O) groups is 2. The van der Waals surface area contributed by atoms with Crippen molar-refractivity contribution < 1.29 is 24.2 Å². The number of rotatable bonds is 7. The molecule has 0 bridgehead atoms. The number of ether oxygens (including phenoxy) is 2. The molecule has 3 heterocycles. The molecule has 0 unspecified atom stereocenters. The summed E-state index contributed by atoms with van der Waals surface area (Å²) in [5.74, 6) is -0.139. The van der Waals surface area contributed by atoms with E-state index in [1.54, 1.807) is 28.4 Å². The molecular formula is C26H27N3O5S. The molecule has 1 N–H and O–H groups in total. The van der Waals surface area contributed by atoms with Gasteiger partial charge < -0.3 is 14.6 Å². The molecule has 2 saturated heterocycles. The summed E-state index contributed by atoms with van der Waals surface area (Å²) >= 11 is 1.62. The molecule has 0 atom stereocenters. The van der Waals surface area contributed by atoms with Crippen molar-refractivity contribution in [2.75, 3.05) is 31.1 Å². The van der Waals surface area contributed by atoms with Gasteiger partial charge in [-0.25, -0.2) is 14.6 Å². The van der Waals surface area contributed by atoms with E-state index >= 15 is 0 Å².